The van der Waals surface area contributed by atoms with Crippen LogP contribution in [0.4, 0.5) is 8.78 Å². The molecule has 14 heavy (non-hydrogen) atoms. The summed E-state index contributed by atoms with van der Waals surface area (Å²) >= 11 is 0. The van der Waals surface area contributed by atoms with E-state index < -0.39 is 6.17 Å². The van der Waals surface area contributed by atoms with Gasteiger partial charge in [0.25, 0.3) is 0 Å². The molecule has 1 unspecified atom stereocenters. The molecule has 2 rings (SSSR count). The summed E-state index contributed by atoms with van der Waals surface area (Å²) in [4.78, 5) is 4.04. The van der Waals surface area contributed by atoms with Gasteiger partial charge in [-0.3, -0.25) is 4.99 Å². The minimum Gasteiger partial charge on any atom is -0.286 e. The van der Waals surface area contributed by atoms with Crippen LogP contribution in [0.15, 0.2) is 17.1 Å². The Bertz CT molecular complexity index is 410. The summed E-state index contributed by atoms with van der Waals surface area (Å²) in [6.07, 6.45) is -1.16. The molecule has 0 N–H and O–H groups in total. The average molecular weight is 195 g/mol. The zero-order valence-corrected chi connectivity index (χ0v) is 8.14. The molecule has 1 nitrogen and oxygen atoms in total. The summed E-state index contributed by atoms with van der Waals surface area (Å²) in [5, 5.41) is 0. The van der Waals surface area contributed by atoms with Crippen LogP contribution in [0.2, 0.25) is 0 Å². The monoisotopic (exact) mass is 195 g/mol. The fourth-order valence-electron chi connectivity index (χ4n) is 1.67. The van der Waals surface area contributed by atoms with Crippen LogP contribution in [0.3, 0.4) is 0 Å². The number of rotatable bonds is 0. The summed E-state index contributed by atoms with van der Waals surface area (Å²) in [6.45, 7) is 3.61. The molecule has 1 aliphatic rings. The number of nitrogens with zero attached hydrogens (tertiary/aromatic N) is 1. The van der Waals surface area contributed by atoms with Gasteiger partial charge < -0.3 is 0 Å². The molecule has 0 spiro atoms. The average Bonchev–Trinajstić information content (AvgIpc) is 2.15. The van der Waals surface area contributed by atoms with E-state index in [2.05, 4.69) is 4.99 Å². The summed E-state index contributed by atoms with van der Waals surface area (Å²) in [7, 11) is 0. The number of aliphatic imine (C=N–C) groups is 1. The molecule has 1 atom stereocenters. The van der Waals surface area contributed by atoms with Gasteiger partial charge in [0.15, 0.2) is 0 Å². The van der Waals surface area contributed by atoms with Gasteiger partial charge in [0.1, 0.15) is 12.0 Å². The Kier molecular flexibility index (Phi) is 2.10. The lowest BCUT2D eigenvalue weighted by Crippen LogP contribution is -2.13. The van der Waals surface area contributed by atoms with E-state index in [-0.39, 0.29) is 12.4 Å². The van der Waals surface area contributed by atoms with Gasteiger partial charge in [0.2, 0.25) is 0 Å². The van der Waals surface area contributed by atoms with Crippen LogP contribution in [-0.4, -0.2) is 12.3 Å². The molecule has 1 heterocycles. The van der Waals surface area contributed by atoms with Gasteiger partial charge in [-0.1, -0.05) is 0 Å². The molecule has 0 radical (unpaired) electrons. The van der Waals surface area contributed by atoms with Gasteiger partial charge in [-0.2, -0.15) is 0 Å². The highest BCUT2D eigenvalue weighted by Gasteiger charge is 2.21. The van der Waals surface area contributed by atoms with Crippen molar-refractivity contribution in [2.75, 3.05) is 6.54 Å². The number of hydrogen-bond acceptors (Lipinski definition) is 1. The van der Waals surface area contributed by atoms with E-state index in [1.807, 2.05) is 6.92 Å². The van der Waals surface area contributed by atoms with Crippen LogP contribution in [0, 0.1) is 12.7 Å². The predicted molar refractivity (Wildman–Crippen MR) is 52.1 cm³/mol. The number of halogens is 2. The second-order valence-electron chi connectivity index (χ2n) is 3.58. The maximum atomic E-state index is 13.4. The minimum absolute atomic E-state index is 0.112. The summed E-state index contributed by atoms with van der Waals surface area (Å²) < 4.78 is 26.6. The van der Waals surface area contributed by atoms with Crippen molar-refractivity contribution in [2.45, 2.75) is 20.0 Å². The van der Waals surface area contributed by atoms with Crippen LogP contribution in [0.5, 0.6) is 0 Å². The molecule has 0 fully saturated rings. The Morgan fingerprint density at radius 2 is 2.07 bits per heavy atom. The fraction of sp³-hybridized carbons (Fsp3) is 0.364. The normalized spacial score (nSPS) is 20.3. The maximum absolute atomic E-state index is 13.4. The highest BCUT2D eigenvalue weighted by atomic mass is 19.1. The van der Waals surface area contributed by atoms with Crippen LogP contribution in [0.25, 0.3) is 0 Å². The van der Waals surface area contributed by atoms with E-state index in [9.17, 15) is 8.78 Å². The molecule has 0 saturated heterocycles. The molecule has 0 aliphatic carbocycles. The standard InChI is InChI=1S/C11H11F2N/c1-6-3-8-7(2)14-5-11(13)9(8)4-10(6)12/h3-4,11H,5H2,1-2H3. The SMILES string of the molecule is CC1=NCC(F)c2cc(F)c(C)cc21. The number of fused-ring (bicyclic) bond motifs is 1. The third-order valence-electron chi connectivity index (χ3n) is 2.55. The fourth-order valence-corrected chi connectivity index (χ4v) is 1.67. The molecule has 0 aromatic heterocycles. The van der Waals surface area contributed by atoms with Gasteiger partial charge in [0, 0.05) is 11.3 Å². The second-order valence-corrected chi connectivity index (χ2v) is 3.58. The molecule has 1 aliphatic heterocycles. The Labute approximate surface area is 81.5 Å². The molecule has 74 valence electrons. The lowest BCUT2D eigenvalue weighted by atomic mass is 9.95. The van der Waals surface area contributed by atoms with Crippen molar-refractivity contribution >= 4 is 5.71 Å². The Morgan fingerprint density at radius 1 is 1.36 bits per heavy atom. The van der Waals surface area contributed by atoms with E-state index in [1.165, 1.54) is 6.07 Å². The Hall–Kier alpha value is -1.25. The molecule has 0 amide bonds. The number of benzene rings is 1. The maximum Gasteiger partial charge on any atom is 0.145 e. The molecular formula is C11H11F2N. The topological polar surface area (TPSA) is 12.4 Å². The summed E-state index contributed by atoms with van der Waals surface area (Å²) in [5.41, 5.74) is 2.49. The smallest absolute Gasteiger partial charge is 0.145 e. The van der Waals surface area contributed by atoms with E-state index in [0.717, 1.165) is 11.3 Å². The first-order chi connectivity index (χ1) is 6.59. The number of aryl methyl sites for hydroxylation is 1. The summed E-state index contributed by atoms with van der Waals surface area (Å²) in [6, 6.07) is 2.95. The van der Waals surface area contributed by atoms with Crippen LogP contribution >= 0.6 is 0 Å². The molecule has 1 aromatic carbocycles. The Balaban J connectivity index is 2.64. The van der Waals surface area contributed by atoms with Crippen LogP contribution < -0.4 is 0 Å². The van der Waals surface area contributed by atoms with Gasteiger partial charge in [-0.05, 0) is 37.1 Å². The zero-order chi connectivity index (χ0) is 10.3. The largest absolute Gasteiger partial charge is 0.286 e. The molecule has 1 aromatic rings. The first kappa shape index (κ1) is 9.31. The van der Waals surface area contributed by atoms with Crippen molar-refractivity contribution in [3.63, 3.8) is 0 Å². The lowest BCUT2D eigenvalue weighted by Gasteiger charge is -2.18. The van der Waals surface area contributed by atoms with Crippen LogP contribution in [-0.2, 0) is 0 Å². The first-order valence-corrected chi connectivity index (χ1v) is 4.55. The quantitative estimate of drug-likeness (QED) is 0.603. The zero-order valence-electron chi connectivity index (χ0n) is 8.14. The van der Waals surface area contributed by atoms with Crippen LogP contribution in [0.1, 0.15) is 29.8 Å². The third-order valence-corrected chi connectivity index (χ3v) is 2.55. The van der Waals surface area contributed by atoms with Crippen molar-refractivity contribution in [1.29, 1.82) is 0 Å². The van der Waals surface area contributed by atoms with E-state index in [1.54, 1.807) is 13.0 Å². The second kappa shape index (κ2) is 3.15. The van der Waals surface area contributed by atoms with Gasteiger partial charge in [0.05, 0.1) is 6.54 Å². The third kappa shape index (κ3) is 1.33. The first-order valence-electron chi connectivity index (χ1n) is 4.55. The van der Waals surface area contributed by atoms with E-state index in [4.69, 9.17) is 0 Å². The molecule has 3 heteroatoms. The van der Waals surface area contributed by atoms with Crippen molar-refractivity contribution in [2.24, 2.45) is 4.99 Å². The summed E-state index contributed by atoms with van der Waals surface area (Å²) in [5.74, 6) is -0.346. The van der Waals surface area contributed by atoms with Gasteiger partial charge >= 0.3 is 0 Å². The van der Waals surface area contributed by atoms with Gasteiger partial charge in [-0.25, -0.2) is 8.78 Å². The van der Waals surface area contributed by atoms with Crippen molar-refractivity contribution in [3.8, 4) is 0 Å². The number of alkyl halides is 1. The van der Waals surface area contributed by atoms with Gasteiger partial charge in [-0.15, -0.1) is 0 Å². The lowest BCUT2D eigenvalue weighted by molar-refractivity contribution is 0.348. The van der Waals surface area contributed by atoms with Crippen molar-refractivity contribution in [3.05, 3.63) is 34.6 Å². The van der Waals surface area contributed by atoms with E-state index in [0.29, 0.717) is 11.1 Å². The highest BCUT2D eigenvalue weighted by Crippen LogP contribution is 2.28. The minimum atomic E-state index is -1.16. The predicted octanol–water partition coefficient (Wildman–Crippen LogP) is 2.97. The highest BCUT2D eigenvalue weighted by molar-refractivity contribution is 6.01. The number of hydrogen-bond donors (Lipinski definition) is 0. The van der Waals surface area contributed by atoms with Crippen molar-refractivity contribution in [1.82, 2.24) is 0 Å². The van der Waals surface area contributed by atoms with E-state index >= 15 is 0 Å². The molecule has 0 saturated carbocycles. The Morgan fingerprint density at radius 3 is 2.79 bits per heavy atom. The van der Waals surface area contributed by atoms with Crippen molar-refractivity contribution < 1.29 is 8.78 Å². The molecule has 0 bridgehead atoms. The molecular weight excluding hydrogens is 184 g/mol.